The highest BCUT2D eigenvalue weighted by Gasteiger charge is 2.40. The summed E-state index contributed by atoms with van der Waals surface area (Å²) >= 11 is 0. The number of amides is 1. The summed E-state index contributed by atoms with van der Waals surface area (Å²) in [6.45, 7) is 0. The van der Waals surface area contributed by atoms with Crippen LogP contribution in [0.1, 0.15) is 36.0 Å². The summed E-state index contributed by atoms with van der Waals surface area (Å²) < 4.78 is 5.22. The van der Waals surface area contributed by atoms with Crippen molar-refractivity contribution in [2.75, 3.05) is 0 Å². The molecule has 0 saturated heterocycles. The van der Waals surface area contributed by atoms with E-state index < -0.39 is 11.5 Å². The standard InChI is InChI=1S/C16H16N2O4/c19-14(20)8-16(5-2-6-16)18-15(21)12-4-1-3-11(7-12)13-9-17-10-22-13/h1,3-4,7,9-10H,2,5-6,8H2,(H,18,21)(H,19,20). The third-order valence-corrected chi connectivity index (χ3v) is 4.02. The van der Waals surface area contributed by atoms with Gasteiger partial charge in [-0.2, -0.15) is 0 Å². The predicted molar refractivity (Wildman–Crippen MR) is 78.2 cm³/mol. The van der Waals surface area contributed by atoms with Crippen LogP contribution in [-0.4, -0.2) is 27.5 Å². The largest absolute Gasteiger partial charge is 0.481 e. The Balaban J connectivity index is 1.78. The molecule has 0 radical (unpaired) electrons. The molecule has 1 amide bonds. The molecule has 1 aliphatic carbocycles. The Morgan fingerprint density at radius 3 is 2.77 bits per heavy atom. The van der Waals surface area contributed by atoms with Crippen molar-refractivity contribution < 1.29 is 19.1 Å². The van der Waals surface area contributed by atoms with E-state index in [4.69, 9.17) is 9.52 Å². The Morgan fingerprint density at radius 1 is 1.36 bits per heavy atom. The van der Waals surface area contributed by atoms with Crippen LogP contribution in [0.3, 0.4) is 0 Å². The number of hydrogen-bond acceptors (Lipinski definition) is 4. The van der Waals surface area contributed by atoms with Gasteiger partial charge in [-0.1, -0.05) is 12.1 Å². The van der Waals surface area contributed by atoms with E-state index in [0.29, 0.717) is 24.2 Å². The van der Waals surface area contributed by atoms with Gasteiger partial charge in [0.2, 0.25) is 0 Å². The van der Waals surface area contributed by atoms with Crippen LogP contribution in [0.25, 0.3) is 11.3 Å². The van der Waals surface area contributed by atoms with Gasteiger partial charge in [0.1, 0.15) is 0 Å². The van der Waals surface area contributed by atoms with Gasteiger partial charge in [-0.3, -0.25) is 9.59 Å². The Morgan fingerprint density at radius 2 is 2.18 bits per heavy atom. The van der Waals surface area contributed by atoms with Crippen molar-refractivity contribution in [1.29, 1.82) is 0 Å². The van der Waals surface area contributed by atoms with Gasteiger partial charge < -0.3 is 14.8 Å². The number of aliphatic carboxylic acids is 1. The number of hydrogen-bond donors (Lipinski definition) is 2. The molecule has 114 valence electrons. The summed E-state index contributed by atoms with van der Waals surface area (Å²) in [5, 5.41) is 11.9. The van der Waals surface area contributed by atoms with E-state index in [9.17, 15) is 9.59 Å². The molecule has 0 atom stereocenters. The number of nitrogens with zero attached hydrogens (tertiary/aromatic N) is 1. The molecule has 6 heteroatoms. The van der Waals surface area contributed by atoms with Gasteiger partial charge in [-0.15, -0.1) is 0 Å². The fourth-order valence-corrected chi connectivity index (χ4v) is 2.72. The van der Waals surface area contributed by atoms with Crippen LogP contribution in [0.5, 0.6) is 0 Å². The lowest BCUT2D eigenvalue weighted by molar-refractivity contribution is -0.139. The van der Waals surface area contributed by atoms with E-state index in [0.717, 1.165) is 12.0 Å². The Bertz CT molecular complexity index is 690. The Kier molecular flexibility index (Phi) is 3.66. The molecule has 1 aromatic heterocycles. The fraction of sp³-hybridized carbons (Fsp3) is 0.312. The summed E-state index contributed by atoms with van der Waals surface area (Å²) in [6.07, 6.45) is 5.21. The summed E-state index contributed by atoms with van der Waals surface area (Å²) in [4.78, 5) is 27.2. The number of aromatic nitrogens is 1. The number of carbonyl (C=O) groups is 2. The molecule has 2 aromatic rings. The van der Waals surface area contributed by atoms with Crippen molar-refractivity contribution in [2.45, 2.75) is 31.2 Å². The van der Waals surface area contributed by atoms with E-state index in [2.05, 4.69) is 10.3 Å². The third-order valence-electron chi connectivity index (χ3n) is 4.02. The first-order chi connectivity index (χ1) is 10.6. The lowest BCUT2D eigenvalue weighted by Crippen LogP contribution is -2.54. The number of carboxylic acids is 1. The van der Waals surface area contributed by atoms with E-state index in [-0.39, 0.29) is 12.3 Å². The molecule has 1 aliphatic rings. The third kappa shape index (κ3) is 2.86. The summed E-state index contributed by atoms with van der Waals surface area (Å²) in [6, 6.07) is 7.00. The molecule has 1 saturated carbocycles. The molecule has 1 fully saturated rings. The average Bonchev–Trinajstić information content (AvgIpc) is 2.98. The highest BCUT2D eigenvalue weighted by molar-refractivity contribution is 5.96. The molecule has 0 spiro atoms. The van der Waals surface area contributed by atoms with Gasteiger partial charge in [0.05, 0.1) is 18.2 Å². The molecule has 1 heterocycles. The topological polar surface area (TPSA) is 92.4 Å². The van der Waals surface area contributed by atoms with E-state index in [1.807, 2.05) is 6.07 Å². The Hall–Kier alpha value is -2.63. The molecule has 1 aromatic carbocycles. The minimum atomic E-state index is -0.893. The highest BCUT2D eigenvalue weighted by atomic mass is 16.4. The molecule has 0 bridgehead atoms. The lowest BCUT2D eigenvalue weighted by atomic mass is 9.74. The van der Waals surface area contributed by atoms with Crippen LogP contribution >= 0.6 is 0 Å². The van der Waals surface area contributed by atoms with Gasteiger partial charge in [0, 0.05) is 11.1 Å². The predicted octanol–water partition coefficient (Wildman–Crippen LogP) is 2.47. The van der Waals surface area contributed by atoms with Gasteiger partial charge in [0.25, 0.3) is 5.91 Å². The second-order valence-electron chi connectivity index (χ2n) is 5.61. The molecule has 3 rings (SSSR count). The molecule has 6 nitrogen and oxygen atoms in total. The lowest BCUT2D eigenvalue weighted by Gasteiger charge is -2.41. The van der Waals surface area contributed by atoms with Crippen molar-refractivity contribution in [1.82, 2.24) is 10.3 Å². The minimum Gasteiger partial charge on any atom is -0.481 e. The van der Waals surface area contributed by atoms with Gasteiger partial charge in [-0.05, 0) is 31.4 Å². The molecular formula is C16H16N2O4. The van der Waals surface area contributed by atoms with Crippen LogP contribution in [0, 0.1) is 0 Å². The summed E-state index contributed by atoms with van der Waals surface area (Å²) in [5.74, 6) is -0.573. The molecule has 0 aliphatic heterocycles. The number of carbonyl (C=O) groups excluding carboxylic acids is 1. The van der Waals surface area contributed by atoms with Crippen molar-refractivity contribution >= 4 is 11.9 Å². The smallest absolute Gasteiger partial charge is 0.305 e. The fourth-order valence-electron chi connectivity index (χ4n) is 2.72. The number of nitrogens with one attached hydrogen (secondary N) is 1. The maximum absolute atomic E-state index is 12.4. The SMILES string of the molecule is O=C(O)CC1(NC(=O)c2cccc(-c3cnco3)c2)CCC1. The van der Waals surface area contributed by atoms with Crippen LogP contribution in [0.2, 0.25) is 0 Å². The maximum Gasteiger partial charge on any atom is 0.305 e. The average molecular weight is 300 g/mol. The monoisotopic (exact) mass is 300 g/mol. The first-order valence-electron chi connectivity index (χ1n) is 7.11. The van der Waals surface area contributed by atoms with Crippen molar-refractivity contribution in [2.24, 2.45) is 0 Å². The van der Waals surface area contributed by atoms with Crippen LogP contribution < -0.4 is 5.32 Å². The van der Waals surface area contributed by atoms with E-state index in [1.165, 1.54) is 6.39 Å². The van der Waals surface area contributed by atoms with Gasteiger partial charge in [0.15, 0.2) is 12.2 Å². The minimum absolute atomic E-state index is 0.0411. The quantitative estimate of drug-likeness (QED) is 0.885. The van der Waals surface area contributed by atoms with Gasteiger partial charge in [-0.25, -0.2) is 4.98 Å². The maximum atomic E-state index is 12.4. The highest BCUT2D eigenvalue weighted by Crippen LogP contribution is 2.35. The second kappa shape index (κ2) is 5.63. The van der Waals surface area contributed by atoms with Crippen LogP contribution in [-0.2, 0) is 4.79 Å². The zero-order valence-electron chi connectivity index (χ0n) is 11.9. The first kappa shape index (κ1) is 14.3. The molecule has 2 N–H and O–H groups in total. The zero-order chi connectivity index (χ0) is 15.6. The number of benzene rings is 1. The zero-order valence-corrected chi connectivity index (χ0v) is 11.9. The summed E-state index contributed by atoms with van der Waals surface area (Å²) in [5.41, 5.74) is 0.627. The van der Waals surface area contributed by atoms with E-state index >= 15 is 0 Å². The molecule has 0 unspecified atom stereocenters. The van der Waals surface area contributed by atoms with Crippen molar-refractivity contribution in [3.63, 3.8) is 0 Å². The number of rotatable bonds is 5. The number of oxazole rings is 1. The molecular weight excluding hydrogens is 284 g/mol. The Labute approximate surface area is 127 Å². The first-order valence-corrected chi connectivity index (χ1v) is 7.11. The second-order valence-corrected chi connectivity index (χ2v) is 5.61. The van der Waals surface area contributed by atoms with E-state index in [1.54, 1.807) is 24.4 Å². The van der Waals surface area contributed by atoms with Crippen LogP contribution in [0.15, 0.2) is 41.3 Å². The van der Waals surface area contributed by atoms with Crippen molar-refractivity contribution in [3.8, 4) is 11.3 Å². The van der Waals surface area contributed by atoms with Crippen LogP contribution in [0.4, 0.5) is 0 Å². The normalized spacial score (nSPS) is 15.8. The van der Waals surface area contributed by atoms with Gasteiger partial charge >= 0.3 is 5.97 Å². The number of carboxylic acid groups (broad SMARTS) is 1. The molecule has 22 heavy (non-hydrogen) atoms. The summed E-state index contributed by atoms with van der Waals surface area (Å²) in [7, 11) is 0. The van der Waals surface area contributed by atoms with Crippen molar-refractivity contribution in [3.05, 3.63) is 42.4 Å².